The molecule has 0 radical (unpaired) electrons. The summed E-state index contributed by atoms with van der Waals surface area (Å²) >= 11 is 5.97. The van der Waals surface area contributed by atoms with E-state index in [1.54, 1.807) is 6.07 Å². The molecule has 1 heterocycles. The van der Waals surface area contributed by atoms with Crippen molar-refractivity contribution in [1.82, 2.24) is 0 Å². The Bertz CT molecular complexity index is 977. The summed E-state index contributed by atoms with van der Waals surface area (Å²) in [7, 11) is 0. The zero-order valence-electron chi connectivity index (χ0n) is 13.6. The molecule has 0 N–H and O–H groups in total. The van der Waals surface area contributed by atoms with Crippen LogP contribution < -0.4 is 9.84 Å². The van der Waals surface area contributed by atoms with E-state index in [1.165, 1.54) is 24.3 Å². The first-order valence-electron chi connectivity index (χ1n) is 7.68. The van der Waals surface area contributed by atoms with Crippen LogP contribution in [-0.4, -0.2) is 5.97 Å². The third kappa shape index (κ3) is 4.43. The van der Waals surface area contributed by atoms with E-state index in [0.29, 0.717) is 28.5 Å². The maximum atomic E-state index is 13.7. The Morgan fingerprint density at radius 1 is 1.07 bits per heavy atom. The Morgan fingerprint density at radius 3 is 2.41 bits per heavy atom. The van der Waals surface area contributed by atoms with Crippen molar-refractivity contribution in [3.8, 4) is 5.75 Å². The number of carboxylic acid groups (broad SMARTS) is 1. The van der Waals surface area contributed by atoms with Gasteiger partial charge in [0.2, 0.25) is 0 Å². The van der Waals surface area contributed by atoms with Gasteiger partial charge in [-0.25, -0.2) is 13.2 Å². The summed E-state index contributed by atoms with van der Waals surface area (Å²) in [6.45, 7) is -0.477. The van der Waals surface area contributed by atoms with Gasteiger partial charge in [-0.2, -0.15) is 0 Å². The van der Waals surface area contributed by atoms with Crippen LogP contribution in [0.5, 0.6) is 5.75 Å². The topological polar surface area (TPSA) is 62.5 Å². The van der Waals surface area contributed by atoms with E-state index < -0.39 is 35.6 Å². The van der Waals surface area contributed by atoms with Crippen LogP contribution in [0.15, 0.2) is 46.9 Å². The minimum absolute atomic E-state index is 0.123. The van der Waals surface area contributed by atoms with E-state index in [9.17, 15) is 23.1 Å². The minimum Gasteiger partial charge on any atom is -0.542 e. The first-order valence-corrected chi connectivity index (χ1v) is 8.06. The van der Waals surface area contributed by atoms with Crippen LogP contribution in [0, 0.1) is 17.5 Å². The maximum absolute atomic E-state index is 13.7. The lowest BCUT2D eigenvalue weighted by Crippen LogP contribution is -2.21. The molecule has 27 heavy (non-hydrogen) atoms. The first kappa shape index (κ1) is 18.8. The second-order valence-corrected chi connectivity index (χ2v) is 6.06. The Balaban J connectivity index is 1.83. The molecule has 3 rings (SSSR count). The molecular weight excluding hydrogens is 385 g/mol. The van der Waals surface area contributed by atoms with E-state index in [2.05, 4.69) is 0 Å². The molecule has 1 aromatic heterocycles. The summed E-state index contributed by atoms with van der Waals surface area (Å²) in [5, 5.41) is 11.2. The third-order valence-electron chi connectivity index (χ3n) is 3.73. The van der Waals surface area contributed by atoms with Crippen LogP contribution in [0.2, 0.25) is 5.02 Å². The van der Waals surface area contributed by atoms with Crippen molar-refractivity contribution in [3.05, 3.63) is 87.6 Å². The van der Waals surface area contributed by atoms with Crippen LogP contribution in [-0.2, 0) is 13.0 Å². The zero-order chi connectivity index (χ0) is 19.6. The molecule has 2 aromatic carbocycles. The molecule has 0 aliphatic rings. The smallest absolute Gasteiger partial charge is 0.149 e. The number of furan rings is 1. The van der Waals surface area contributed by atoms with Gasteiger partial charge in [-0.1, -0.05) is 11.6 Å². The van der Waals surface area contributed by atoms with Crippen LogP contribution in [0.3, 0.4) is 0 Å². The molecule has 3 aromatic rings. The van der Waals surface area contributed by atoms with Crippen LogP contribution in [0.25, 0.3) is 0 Å². The van der Waals surface area contributed by atoms with Gasteiger partial charge in [-0.3, -0.25) is 0 Å². The number of hydrogen-bond acceptors (Lipinski definition) is 4. The van der Waals surface area contributed by atoms with E-state index >= 15 is 0 Å². The van der Waals surface area contributed by atoms with Gasteiger partial charge in [0.25, 0.3) is 0 Å². The van der Waals surface area contributed by atoms with Crippen molar-refractivity contribution in [2.75, 3.05) is 0 Å². The molecule has 0 saturated carbocycles. The number of hydrogen-bond donors (Lipinski definition) is 0. The Kier molecular flexibility index (Phi) is 5.41. The summed E-state index contributed by atoms with van der Waals surface area (Å²) < 4.78 is 51.1. The molecule has 4 nitrogen and oxygen atoms in total. The largest absolute Gasteiger partial charge is 0.542 e. The average molecular weight is 396 g/mol. The van der Waals surface area contributed by atoms with Gasteiger partial charge in [0, 0.05) is 29.1 Å². The van der Waals surface area contributed by atoms with Crippen molar-refractivity contribution in [2.24, 2.45) is 0 Å². The summed E-state index contributed by atoms with van der Waals surface area (Å²) in [4.78, 5) is 10.8. The molecule has 140 valence electrons. The van der Waals surface area contributed by atoms with E-state index in [1.807, 2.05) is 0 Å². The predicted octanol–water partition coefficient (Wildman–Crippen LogP) is 3.88. The molecule has 0 aliphatic carbocycles. The molecule has 0 atom stereocenters. The fourth-order valence-electron chi connectivity index (χ4n) is 2.46. The second kappa shape index (κ2) is 7.75. The molecule has 8 heteroatoms. The number of rotatable bonds is 6. The standard InChI is InChI=1S/C19H12ClF3O4/c20-11-1-3-17(26-9-14-15(22)7-12(21)8-16(14)23)10(5-11)6-13-2-4-18(27-13)19(24)25/h1-5,7-8H,6,9H2,(H,24,25)/p-1. The minimum atomic E-state index is -1.45. The molecule has 0 aliphatic heterocycles. The molecule has 0 bridgehead atoms. The average Bonchev–Trinajstić information content (AvgIpc) is 3.04. The quantitative estimate of drug-likeness (QED) is 0.635. The van der Waals surface area contributed by atoms with E-state index in [4.69, 9.17) is 20.8 Å². The van der Waals surface area contributed by atoms with E-state index in [0.717, 1.165) is 0 Å². The van der Waals surface area contributed by atoms with Crippen LogP contribution in [0.1, 0.15) is 27.4 Å². The highest BCUT2D eigenvalue weighted by atomic mass is 35.5. The Morgan fingerprint density at radius 2 is 1.78 bits per heavy atom. The molecule has 0 fully saturated rings. The van der Waals surface area contributed by atoms with E-state index in [-0.39, 0.29) is 17.9 Å². The summed E-state index contributed by atoms with van der Waals surface area (Å²) in [5.41, 5.74) is 0.0826. The second-order valence-electron chi connectivity index (χ2n) is 5.62. The highest BCUT2D eigenvalue weighted by Gasteiger charge is 2.14. The van der Waals surface area contributed by atoms with Crippen molar-refractivity contribution in [2.45, 2.75) is 13.0 Å². The molecule has 0 saturated heterocycles. The number of halogens is 4. The zero-order valence-corrected chi connectivity index (χ0v) is 14.4. The SMILES string of the molecule is O=C([O-])c1ccc(Cc2cc(Cl)ccc2OCc2c(F)cc(F)cc2F)o1. The van der Waals surface area contributed by atoms with Crippen LogP contribution in [0.4, 0.5) is 13.2 Å². The molecule has 0 unspecified atom stereocenters. The van der Waals surface area contributed by atoms with Gasteiger partial charge < -0.3 is 19.1 Å². The predicted molar refractivity (Wildman–Crippen MR) is 87.9 cm³/mol. The summed E-state index contributed by atoms with van der Waals surface area (Å²) in [6.07, 6.45) is 0.123. The van der Waals surface area contributed by atoms with Crippen molar-refractivity contribution < 1.29 is 32.2 Å². The van der Waals surface area contributed by atoms with Crippen LogP contribution >= 0.6 is 11.6 Å². The highest BCUT2D eigenvalue weighted by molar-refractivity contribution is 6.30. The number of carbonyl (C=O) groups excluding carboxylic acids is 1. The van der Waals surface area contributed by atoms with Gasteiger partial charge in [0.15, 0.2) is 0 Å². The van der Waals surface area contributed by atoms with Crippen molar-refractivity contribution in [3.63, 3.8) is 0 Å². The van der Waals surface area contributed by atoms with Gasteiger partial charge in [-0.05, 0) is 30.3 Å². The Labute approximate surface area is 156 Å². The van der Waals surface area contributed by atoms with Gasteiger partial charge >= 0.3 is 0 Å². The third-order valence-corrected chi connectivity index (χ3v) is 3.96. The highest BCUT2D eigenvalue weighted by Crippen LogP contribution is 2.27. The lowest BCUT2D eigenvalue weighted by atomic mass is 10.1. The lowest BCUT2D eigenvalue weighted by molar-refractivity contribution is -0.257. The monoisotopic (exact) mass is 395 g/mol. The number of benzene rings is 2. The number of carbonyl (C=O) groups is 1. The van der Waals surface area contributed by atoms with Crippen molar-refractivity contribution in [1.29, 1.82) is 0 Å². The molecule has 0 spiro atoms. The number of aromatic carboxylic acids is 1. The molecular formula is C19H11ClF3O4-. The lowest BCUT2D eigenvalue weighted by Gasteiger charge is -2.12. The number of carboxylic acids is 1. The first-order chi connectivity index (χ1) is 12.8. The maximum Gasteiger partial charge on any atom is 0.149 e. The van der Waals surface area contributed by atoms with Crippen molar-refractivity contribution >= 4 is 17.6 Å². The normalized spacial score (nSPS) is 10.8. The van der Waals surface area contributed by atoms with Gasteiger partial charge in [0.1, 0.15) is 47.3 Å². The van der Waals surface area contributed by atoms with Gasteiger partial charge in [0.05, 0.1) is 5.56 Å². The van der Waals surface area contributed by atoms with Gasteiger partial charge in [-0.15, -0.1) is 0 Å². The molecule has 0 amide bonds. The number of ether oxygens (including phenoxy) is 1. The fourth-order valence-corrected chi connectivity index (χ4v) is 2.65. The fraction of sp³-hybridized carbons (Fsp3) is 0.105. The summed E-state index contributed by atoms with van der Waals surface area (Å²) in [6, 6.07) is 8.40. The summed E-state index contributed by atoms with van der Waals surface area (Å²) in [5.74, 6) is -4.37. The Hall–Kier alpha value is -2.93.